The first-order valence-electron chi connectivity index (χ1n) is 7.47. The van der Waals surface area contributed by atoms with Crippen molar-refractivity contribution in [1.82, 2.24) is 0 Å². The summed E-state index contributed by atoms with van der Waals surface area (Å²) in [5.41, 5.74) is 0.959. The highest BCUT2D eigenvalue weighted by molar-refractivity contribution is 5.82. The van der Waals surface area contributed by atoms with E-state index in [1.165, 1.54) is 7.11 Å². The lowest BCUT2D eigenvalue weighted by Gasteiger charge is -2.27. The van der Waals surface area contributed by atoms with Crippen LogP contribution in [-0.4, -0.2) is 19.0 Å². The van der Waals surface area contributed by atoms with Gasteiger partial charge in [-0.25, -0.2) is 0 Å². The summed E-state index contributed by atoms with van der Waals surface area (Å²) in [6.45, 7) is 0.262. The molecular formula is C17H20O4. The molecule has 0 bridgehead atoms. The zero-order valence-corrected chi connectivity index (χ0v) is 12.2. The van der Waals surface area contributed by atoms with Gasteiger partial charge in [-0.15, -0.1) is 0 Å². The predicted molar refractivity (Wildman–Crippen MR) is 76.1 cm³/mol. The van der Waals surface area contributed by atoms with Crippen LogP contribution < -0.4 is 0 Å². The number of benzene rings is 1. The monoisotopic (exact) mass is 288 g/mol. The maximum Gasteiger partial charge on any atom is 0.310 e. The van der Waals surface area contributed by atoms with Crippen molar-refractivity contribution in [2.24, 2.45) is 23.7 Å². The standard InChI is InChI=1S/C17H20O4/c1-20-16(18)14-8-12-7-13(12)9-15(14)17(19)21-10-11-5-3-2-4-6-11/h2-6,12-15H,7-10H2,1H3. The first-order chi connectivity index (χ1) is 10.2. The SMILES string of the molecule is COC(=O)C1CC2CC2CC1C(=O)OCc1ccccc1. The van der Waals surface area contributed by atoms with Crippen LogP contribution in [0.25, 0.3) is 0 Å². The van der Waals surface area contributed by atoms with E-state index in [1.54, 1.807) is 0 Å². The Hall–Kier alpha value is -1.84. The van der Waals surface area contributed by atoms with E-state index in [2.05, 4.69) is 0 Å². The normalized spacial score (nSPS) is 30.1. The average Bonchev–Trinajstić information content (AvgIpc) is 3.30. The lowest BCUT2D eigenvalue weighted by Crippen LogP contribution is -2.35. The second-order valence-corrected chi connectivity index (χ2v) is 6.06. The number of fused-ring (bicyclic) bond motifs is 1. The Morgan fingerprint density at radius 2 is 1.62 bits per heavy atom. The van der Waals surface area contributed by atoms with Crippen LogP contribution in [0, 0.1) is 23.7 Å². The summed E-state index contributed by atoms with van der Waals surface area (Å²) >= 11 is 0. The summed E-state index contributed by atoms with van der Waals surface area (Å²) in [7, 11) is 1.38. The first kappa shape index (κ1) is 14.1. The summed E-state index contributed by atoms with van der Waals surface area (Å²) in [6.07, 6.45) is 2.66. The average molecular weight is 288 g/mol. The van der Waals surface area contributed by atoms with Crippen LogP contribution in [-0.2, 0) is 25.7 Å². The fourth-order valence-corrected chi connectivity index (χ4v) is 3.38. The Balaban J connectivity index is 1.62. The van der Waals surface area contributed by atoms with Gasteiger partial charge in [0.05, 0.1) is 18.9 Å². The zero-order chi connectivity index (χ0) is 14.8. The molecule has 0 aliphatic heterocycles. The second kappa shape index (κ2) is 5.88. The minimum atomic E-state index is -0.343. The molecule has 1 aromatic rings. The highest BCUT2D eigenvalue weighted by Crippen LogP contribution is 2.54. The van der Waals surface area contributed by atoms with E-state index in [-0.39, 0.29) is 30.4 Å². The highest BCUT2D eigenvalue weighted by atomic mass is 16.5. The molecule has 2 saturated carbocycles. The van der Waals surface area contributed by atoms with Gasteiger partial charge in [0.15, 0.2) is 0 Å². The minimum Gasteiger partial charge on any atom is -0.469 e. The number of hydrogen-bond donors (Lipinski definition) is 0. The Labute approximate surface area is 124 Å². The molecule has 2 aliphatic rings. The Morgan fingerprint density at radius 3 is 2.24 bits per heavy atom. The minimum absolute atomic E-state index is 0.262. The molecule has 4 atom stereocenters. The topological polar surface area (TPSA) is 52.6 Å². The van der Waals surface area contributed by atoms with Gasteiger partial charge in [-0.05, 0) is 36.7 Å². The van der Waals surface area contributed by atoms with Crippen molar-refractivity contribution in [2.75, 3.05) is 7.11 Å². The Morgan fingerprint density at radius 1 is 1.00 bits per heavy atom. The van der Waals surface area contributed by atoms with Crippen LogP contribution in [0.15, 0.2) is 30.3 Å². The second-order valence-electron chi connectivity index (χ2n) is 6.06. The van der Waals surface area contributed by atoms with E-state index in [9.17, 15) is 9.59 Å². The van der Waals surface area contributed by atoms with Gasteiger partial charge in [-0.1, -0.05) is 30.3 Å². The summed E-state index contributed by atoms with van der Waals surface area (Å²) in [4.78, 5) is 24.2. The van der Waals surface area contributed by atoms with Gasteiger partial charge < -0.3 is 9.47 Å². The molecule has 0 saturated heterocycles. The fourth-order valence-electron chi connectivity index (χ4n) is 3.38. The quantitative estimate of drug-likeness (QED) is 0.799. The summed E-state index contributed by atoms with van der Waals surface area (Å²) in [5, 5.41) is 0. The first-order valence-corrected chi connectivity index (χ1v) is 7.47. The maximum atomic E-state index is 12.3. The number of carbonyl (C=O) groups is 2. The number of ether oxygens (including phenoxy) is 2. The third-order valence-corrected chi connectivity index (χ3v) is 4.70. The molecule has 1 aromatic carbocycles. The van der Waals surface area contributed by atoms with Gasteiger partial charge >= 0.3 is 11.9 Å². The number of carbonyl (C=O) groups excluding carboxylic acids is 2. The van der Waals surface area contributed by atoms with E-state index in [4.69, 9.17) is 9.47 Å². The van der Waals surface area contributed by atoms with Crippen molar-refractivity contribution < 1.29 is 19.1 Å². The fraction of sp³-hybridized carbons (Fsp3) is 0.529. The van der Waals surface area contributed by atoms with Gasteiger partial charge in [-0.2, -0.15) is 0 Å². The molecule has 2 aliphatic carbocycles. The smallest absolute Gasteiger partial charge is 0.310 e. The maximum absolute atomic E-state index is 12.3. The van der Waals surface area contributed by atoms with Crippen molar-refractivity contribution in [1.29, 1.82) is 0 Å². The molecule has 0 aromatic heterocycles. The molecule has 4 unspecified atom stereocenters. The van der Waals surface area contributed by atoms with E-state index in [0.29, 0.717) is 11.8 Å². The van der Waals surface area contributed by atoms with Crippen LogP contribution in [0.3, 0.4) is 0 Å². The van der Waals surface area contributed by atoms with Crippen LogP contribution in [0.1, 0.15) is 24.8 Å². The summed E-state index contributed by atoms with van der Waals surface area (Å²) < 4.78 is 10.3. The number of hydrogen-bond acceptors (Lipinski definition) is 4. The summed E-state index contributed by atoms with van der Waals surface area (Å²) in [6, 6.07) is 9.59. The van der Waals surface area contributed by atoms with E-state index < -0.39 is 0 Å². The lowest BCUT2D eigenvalue weighted by atomic mass is 9.79. The number of esters is 2. The molecule has 0 spiro atoms. The van der Waals surface area contributed by atoms with Crippen molar-refractivity contribution in [2.45, 2.75) is 25.9 Å². The van der Waals surface area contributed by atoms with E-state index in [0.717, 1.165) is 24.8 Å². The molecule has 0 heterocycles. The predicted octanol–water partition coefficient (Wildman–Crippen LogP) is 2.57. The molecular weight excluding hydrogens is 268 g/mol. The molecule has 0 radical (unpaired) electrons. The zero-order valence-electron chi connectivity index (χ0n) is 12.2. The third-order valence-electron chi connectivity index (χ3n) is 4.70. The van der Waals surface area contributed by atoms with Crippen molar-refractivity contribution in [3.8, 4) is 0 Å². The van der Waals surface area contributed by atoms with Crippen molar-refractivity contribution >= 4 is 11.9 Å². The van der Waals surface area contributed by atoms with Gasteiger partial charge in [0.1, 0.15) is 6.61 Å². The summed E-state index contributed by atoms with van der Waals surface area (Å²) in [5.74, 6) is -0.0130. The van der Waals surface area contributed by atoms with Gasteiger partial charge in [0, 0.05) is 0 Å². The lowest BCUT2D eigenvalue weighted by molar-refractivity contribution is -0.162. The van der Waals surface area contributed by atoms with Gasteiger partial charge in [0.2, 0.25) is 0 Å². The van der Waals surface area contributed by atoms with Crippen LogP contribution >= 0.6 is 0 Å². The number of methoxy groups -OCH3 is 1. The molecule has 112 valence electrons. The Kier molecular flexibility index (Phi) is 3.95. The van der Waals surface area contributed by atoms with Crippen LogP contribution in [0.4, 0.5) is 0 Å². The van der Waals surface area contributed by atoms with Crippen LogP contribution in [0.5, 0.6) is 0 Å². The Bertz CT molecular complexity index is 525. The molecule has 0 N–H and O–H groups in total. The van der Waals surface area contributed by atoms with Crippen molar-refractivity contribution in [3.05, 3.63) is 35.9 Å². The highest BCUT2D eigenvalue weighted by Gasteiger charge is 2.51. The third kappa shape index (κ3) is 3.09. The van der Waals surface area contributed by atoms with Crippen LogP contribution in [0.2, 0.25) is 0 Å². The molecule has 2 fully saturated rings. The molecule has 3 rings (SSSR count). The largest absolute Gasteiger partial charge is 0.469 e. The molecule has 4 heteroatoms. The molecule has 21 heavy (non-hydrogen) atoms. The van der Waals surface area contributed by atoms with Gasteiger partial charge in [-0.3, -0.25) is 9.59 Å². The molecule has 0 amide bonds. The van der Waals surface area contributed by atoms with Gasteiger partial charge in [0.25, 0.3) is 0 Å². The number of rotatable bonds is 4. The van der Waals surface area contributed by atoms with Crippen molar-refractivity contribution in [3.63, 3.8) is 0 Å². The molecule has 4 nitrogen and oxygen atoms in total. The van der Waals surface area contributed by atoms with E-state index in [1.807, 2.05) is 30.3 Å². The van der Waals surface area contributed by atoms with E-state index >= 15 is 0 Å².